The van der Waals surface area contributed by atoms with Crippen LogP contribution < -0.4 is 4.90 Å². The molecular formula is C23H31NO. The van der Waals surface area contributed by atoms with E-state index in [9.17, 15) is 4.79 Å². The van der Waals surface area contributed by atoms with Gasteiger partial charge in [0, 0.05) is 17.8 Å². The predicted molar refractivity (Wildman–Crippen MR) is 107 cm³/mol. The van der Waals surface area contributed by atoms with Crippen molar-refractivity contribution < 1.29 is 4.79 Å². The Morgan fingerprint density at radius 2 is 1.12 bits per heavy atom. The van der Waals surface area contributed by atoms with E-state index in [0.717, 1.165) is 24.2 Å². The largest absolute Gasteiger partial charge is 0.281 e. The first-order chi connectivity index (χ1) is 12.3. The Bertz CT molecular complexity index is 555. The van der Waals surface area contributed by atoms with Crippen LogP contribution in [0.4, 0.5) is 11.4 Å². The van der Waals surface area contributed by atoms with Crippen molar-refractivity contribution in [3.05, 3.63) is 60.7 Å². The number of hydrogen-bond acceptors (Lipinski definition) is 1. The van der Waals surface area contributed by atoms with Gasteiger partial charge in [0.25, 0.3) is 0 Å². The highest BCUT2D eigenvalue weighted by atomic mass is 16.2. The Hall–Kier alpha value is -2.09. The Kier molecular flexibility index (Phi) is 8.82. The minimum Gasteiger partial charge on any atom is -0.281 e. The molecule has 134 valence electrons. The zero-order chi connectivity index (χ0) is 17.7. The standard InChI is InChI=1S/C23H31NO/c1-2-3-4-5-6-7-8-15-20-23(25)24(21-16-11-9-12-17-21)22-18-13-10-14-19-22/h9-14,16-19H,2-8,15,20H2,1H3. The lowest BCUT2D eigenvalue weighted by Crippen LogP contribution is -2.25. The molecule has 0 saturated heterocycles. The maximum Gasteiger partial charge on any atom is 0.231 e. The minimum atomic E-state index is 0.184. The molecule has 0 aromatic heterocycles. The van der Waals surface area contributed by atoms with Crippen molar-refractivity contribution in [2.75, 3.05) is 4.90 Å². The summed E-state index contributed by atoms with van der Waals surface area (Å²) in [7, 11) is 0. The van der Waals surface area contributed by atoms with Crippen LogP contribution >= 0.6 is 0 Å². The first-order valence-corrected chi connectivity index (χ1v) is 9.76. The fourth-order valence-electron chi connectivity index (χ4n) is 3.11. The van der Waals surface area contributed by atoms with E-state index in [-0.39, 0.29) is 5.91 Å². The van der Waals surface area contributed by atoms with Crippen molar-refractivity contribution in [3.8, 4) is 0 Å². The third kappa shape index (κ3) is 6.74. The number of amides is 1. The molecule has 0 fully saturated rings. The molecule has 2 aromatic rings. The van der Waals surface area contributed by atoms with E-state index in [2.05, 4.69) is 6.92 Å². The smallest absolute Gasteiger partial charge is 0.231 e. The van der Waals surface area contributed by atoms with E-state index in [1.54, 1.807) is 0 Å². The van der Waals surface area contributed by atoms with Crippen LogP contribution in [0.5, 0.6) is 0 Å². The van der Waals surface area contributed by atoms with Crippen molar-refractivity contribution in [3.63, 3.8) is 0 Å². The summed E-state index contributed by atoms with van der Waals surface area (Å²) in [6.45, 7) is 2.25. The van der Waals surface area contributed by atoms with Crippen molar-refractivity contribution in [1.82, 2.24) is 0 Å². The molecule has 0 unspecified atom stereocenters. The van der Waals surface area contributed by atoms with E-state index in [1.807, 2.05) is 65.6 Å². The van der Waals surface area contributed by atoms with Crippen LogP contribution in [0.1, 0.15) is 64.7 Å². The summed E-state index contributed by atoms with van der Waals surface area (Å²) >= 11 is 0. The Labute approximate surface area is 152 Å². The quantitative estimate of drug-likeness (QED) is 0.409. The van der Waals surface area contributed by atoms with E-state index in [1.165, 1.54) is 38.5 Å². The summed E-state index contributed by atoms with van der Waals surface area (Å²) in [4.78, 5) is 14.7. The lowest BCUT2D eigenvalue weighted by atomic mass is 10.1. The van der Waals surface area contributed by atoms with Gasteiger partial charge in [0.1, 0.15) is 0 Å². The predicted octanol–water partition coefficient (Wildman–Crippen LogP) is 6.88. The first-order valence-electron chi connectivity index (χ1n) is 9.76. The normalized spacial score (nSPS) is 10.6. The van der Waals surface area contributed by atoms with Crippen LogP contribution in [0.15, 0.2) is 60.7 Å². The Morgan fingerprint density at radius 3 is 1.60 bits per heavy atom. The highest BCUT2D eigenvalue weighted by molar-refractivity contribution is 6.00. The lowest BCUT2D eigenvalue weighted by molar-refractivity contribution is -0.118. The van der Waals surface area contributed by atoms with E-state index in [4.69, 9.17) is 0 Å². The van der Waals surface area contributed by atoms with Gasteiger partial charge in [0.2, 0.25) is 5.91 Å². The molecular weight excluding hydrogens is 306 g/mol. The summed E-state index contributed by atoms with van der Waals surface area (Å²) in [6, 6.07) is 19.9. The topological polar surface area (TPSA) is 20.3 Å². The SMILES string of the molecule is CCCCCCCCCCC(=O)N(c1ccccc1)c1ccccc1. The Morgan fingerprint density at radius 1 is 0.680 bits per heavy atom. The zero-order valence-electron chi connectivity index (χ0n) is 15.5. The number of benzene rings is 2. The van der Waals surface area contributed by atoms with Crippen molar-refractivity contribution >= 4 is 17.3 Å². The number of anilines is 2. The second-order valence-electron chi connectivity index (χ2n) is 6.63. The monoisotopic (exact) mass is 337 g/mol. The molecule has 0 N–H and O–H groups in total. The van der Waals surface area contributed by atoms with Gasteiger partial charge in [-0.15, -0.1) is 0 Å². The van der Waals surface area contributed by atoms with Crippen LogP contribution in [0.3, 0.4) is 0 Å². The Balaban J connectivity index is 1.85. The van der Waals surface area contributed by atoms with Crippen molar-refractivity contribution in [1.29, 1.82) is 0 Å². The molecule has 0 spiro atoms. The van der Waals surface area contributed by atoms with Crippen LogP contribution in [-0.2, 0) is 4.79 Å². The fourth-order valence-corrected chi connectivity index (χ4v) is 3.11. The average molecular weight is 338 g/mol. The fraction of sp³-hybridized carbons (Fsp3) is 0.435. The summed E-state index contributed by atoms with van der Waals surface area (Å²) in [5, 5.41) is 0. The molecule has 0 atom stereocenters. The van der Waals surface area contributed by atoms with Gasteiger partial charge in [-0.3, -0.25) is 9.69 Å². The number of para-hydroxylation sites is 2. The van der Waals surface area contributed by atoms with Gasteiger partial charge in [0.05, 0.1) is 0 Å². The number of hydrogen-bond donors (Lipinski definition) is 0. The number of nitrogens with zero attached hydrogens (tertiary/aromatic N) is 1. The lowest BCUT2D eigenvalue weighted by Gasteiger charge is -2.23. The highest BCUT2D eigenvalue weighted by Gasteiger charge is 2.16. The molecule has 2 nitrogen and oxygen atoms in total. The zero-order valence-corrected chi connectivity index (χ0v) is 15.5. The highest BCUT2D eigenvalue weighted by Crippen LogP contribution is 2.26. The van der Waals surface area contributed by atoms with E-state index in [0.29, 0.717) is 6.42 Å². The number of rotatable bonds is 11. The third-order valence-electron chi connectivity index (χ3n) is 4.52. The third-order valence-corrected chi connectivity index (χ3v) is 4.52. The molecule has 0 aliphatic rings. The van der Waals surface area contributed by atoms with Crippen molar-refractivity contribution in [2.24, 2.45) is 0 Å². The van der Waals surface area contributed by atoms with Gasteiger partial charge >= 0.3 is 0 Å². The number of carbonyl (C=O) groups excluding carboxylic acids is 1. The number of unbranched alkanes of at least 4 members (excludes halogenated alkanes) is 7. The molecule has 0 saturated carbocycles. The summed E-state index contributed by atoms with van der Waals surface area (Å²) in [5.41, 5.74) is 1.89. The van der Waals surface area contributed by atoms with Gasteiger partial charge in [-0.25, -0.2) is 0 Å². The van der Waals surface area contributed by atoms with Gasteiger partial charge in [0.15, 0.2) is 0 Å². The molecule has 2 rings (SSSR count). The van der Waals surface area contributed by atoms with Crippen molar-refractivity contribution in [2.45, 2.75) is 64.7 Å². The summed E-state index contributed by atoms with van der Waals surface area (Å²) in [5.74, 6) is 0.184. The summed E-state index contributed by atoms with van der Waals surface area (Å²) in [6.07, 6.45) is 10.6. The van der Waals surface area contributed by atoms with Gasteiger partial charge < -0.3 is 0 Å². The molecule has 0 aliphatic heterocycles. The molecule has 25 heavy (non-hydrogen) atoms. The maximum absolute atomic E-state index is 12.8. The molecule has 0 bridgehead atoms. The number of carbonyl (C=O) groups is 1. The second-order valence-corrected chi connectivity index (χ2v) is 6.63. The first kappa shape index (κ1) is 19.2. The van der Waals surface area contributed by atoms with Crippen LogP contribution in [0.2, 0.25) is 0 Å². The molecule has 1 amide bonds. The van der Waals surface area contributed by atoms with E-state index >= 15 is 0 Å². The summed E-state index contributed by atoms with van der Waals surface area (Å²) < 4.78 is 0. The average Bonchev–Trinajstić information content (AvgIpc) is 2.66. The molecule has 0 radical (unpaired) electrons. The second kappa shape index (κ2) is 11.5. The van der Waals surface area contributed by atoms with E-state index < -0.39 is 0 Å². The minimum absolute atomic E-state index is 0.184. The van der Waals surface area contributed by atoms with Gasteiger partial charge in [-0.05, 0) is 30.7 Å². The van der Waals surface area contributed by atoms with Gasteiger partial charge in [-0.1, -0.05) is 88.3 Å². The van der Waals surface area contributed by atoms with Crippen LogP contribution in [0.25, 0.3) is 0 Å². The molecule has 0 aliphatic carbocycles. The molecule has 2 heteroatoms. The van der Waals surface area contributed by atoms with Crippen LogP contribution in [-0.4, -0.2) is 5.91 Å². The molecule has 0 heterocycles. The maximum atomic E-state index is 12.8. The van der Waals surface area contributed by atoms with Crippen LogP contribution in [0, 0.1) is 0 Å². The van der Waals surface area contributed by atoms with Gasteiger partial charge in [-0.2, -0.15) is 0 Å². The molecule has 2 aromatic carbocycles.